The SMILES string of the molecule is Fc1ccc(CNC2CC2)cc1COc1ccccc1Br. The summed E-state index contributed by atoms with van der Waals surface area (Å²) in [6.07, 6.45) is 2.50. The minimum absolute atomic E-state index is 0.225. The highest BCUT2D eigenvalue weighted by molar-refractivity contribution is 9.10. The summed E-state index contributed by atoms with van der Waals surface area (Å²) in [5.74, 6) is 0.496. The molecule has 2 nitrogen and oxygen atoms in total. The van der Waals surface area contributed by atoms with E-state index in [-0.39, 0.29) is 12.4 Å². The summed E-state index contributed by atoms with van der Waals surface area (Å²) in [5, 5.41) is 3.43. The van der Waals surface area contributed by atoms with Gasteiger partial charge >= 0.3 is 0 Å². The lowest BCUT2D eigenvalue weighted by atomic mass is 10.1. The van der Waals surface area contributed by atoms with Gasteiger partial charge in [0.25, 0.3) is 0 Å². The zero-order chi connectivity index (χ0) is 14.7. The maximum atomic E-state index is 13.9. The summed E-state index contributed by atoms with van der Waals surface area (Å²) in [6, 6.07) is 13.4. The molecule has 0 radical (unpaired) electrons. The Hall–Kier alpha value is -1.39. The van der Waals surface area contributed by atoms with Crippen LogP contribution >= 0.6 is 15.9 Å². The topological polar surface area (TPSA) is 21.3 Å². The Morgan fingerprint density at radius 3 is 2.76 bits per heavy atom. The molecule has 0 aromatic heterocycles. The molecule has 0 atom stereocenters. The summed E-state index contributed by atoms with van der Waals surface area (Å²) in [7, 11) is 0. The number of benzene rings is 2. The highest BCUT2D eigenvalue weighted by Crippen LogP contribution is 2.25. The third-order valence-electron chi connectivity index (χ3n) is 3.50. The normalized spacial score (nSPS) is 14.2. The maximum Gasteiger partial charge on any atom is 0.133 e. The first-order valence-electron chi connectivity index (χ1n) is 7.10. The van der Waals surface area contributed by atoms with Crippen molar-refractivity contribution in [3.8, 4) is 5.75 Å². The molecule has 1 aliphatic carbocycles. The number of halogens is 2. The number of para-hydroxylation sites is 1. The van der Waals surface area contributed by atoms with E-state index in [1.54, 1.807) is 0 Å². The van der Waals surface area contributed by atoms with Crippen LogP contribution in [-0.2, 0) is 13.2 Å². The van der Waals surface area contributed by atoms with Crippen molar-refractivity contribution < 1.29 is 9.13 Å². The van der Waals surface area contributed by atoms with Gasteiger partial charge < -0.3 is 10.1 Å². The summed E-state index contributed by atoms with van der Waals surface area (Å²) in [5.41, 5.74) is 1.68. The van der Waals surface area contributed by atoms with Gasteiger partial charge in [-0.25, -0.2) is 4.39 Å². The van der Waals surface area contributed by atoms with Crippen LogP contribution in [0.1, 0.15) is 24.0 Å². The van der Waals surface area contributed by atoms with Crippen LogP contribution in [0.2, 0.25) is 0 Å². The molecule has 2 aromatic carbocycles. The van der Waals surface area contributed by atoms with Crippen LogP contribution in [0, 0.1) is 5.82 Å². The van der Waals surface area contributed by atoms with Crippen molar-refractivity contribution in [2.45, 2.75) is 32.0 Å². The van der Waals surface area contributed by atoms with E-state index >= 15 is 0 Å². The minimum Gasteiger partial charge on any atom is -0.488 e. The Kier molecular flexibility index (Phi) is 4.56. The van der Waals surface area contributed by atoms with Gasteiger partial charge in [-0.15, -0.1) is 0 Å². The van der Waals surface area contributed by atoms with Gasteiger partial charge in [-0.3, -0.25) is 0 Å². The van der Waals surface area contributed by atoms with Gasteiger partial charge in [0.1, 0.15) is 18.2 Å². The van der Waals surface area contributed by atoms with Crippen LogP contribution in [-0.4, -0.2) is 6.04 Å². The minimum atomic E-state index is -0.225. The second-order valence-electron chi connectivity index (χ2n) is 5.30. The van der Waals surface area contributed by atoms with Crippen LogP contribution in [0.25, 0.3) is 0 Å². The molecule has 1 aliphatic rings. The first kappa shape index (κ1) is 14.5. The highest BCUT2D eigenvalue weighted by atomic mass is 79.9. The number of rotatable bonds is 6. The molecule has 0 amide bonds. The number of ether oxygens (including phenoxy) is 1. The van der Waals surface area contributed by atoms with Gasteiger partial charge in [-0.05, 0) is 58.6 Å². The molecule has 1 fully saturated rings. The molecule has 3 rings (SSSR count). The van der Waals surface area contributed by atoms with Gasteiger partial charge in [0.15, 0.2) is 0 Å². The predicted octanol–water partition coefficient (Wildman–Crippen LogP) is 4.42. The van der Waals surface area contributed by atoms with Crippen molar-refractivity contribution in [3.63, 3.8) is 0 Å². The average molecular weight is 350 g/mol. The lowest BCUT2D eigenvalue weighted by Crippen LogP contribution is -2.15. The molecule has 0 bridgehead atoms. The van der Waals surface area contributed by atoms with Crippen molar-refractivity contribution >= 4 is 15.9 Å². The molecule has 0 unspecified atom stereocenters. The van der Waals surface area contributed by atoms with Gasteiger partial charge in [0.05, 0.1) is 4.47 Å². The summed E-state index contributed by atoms with van der Waals surface area (Å²) in [6.45, 7) is 1.01. The van der Waals surface area contributed by atoms with Crippen molar-refractivity contribution in [1.29, 1.82) is 0 Å². The van der Waals surface area contributed by atoms with Crippen molar-refractivity contribution in [2.75, 3.05) is 0 Å². The molecule has 0 saturated heterocycles. The molecular formula is C17H17BrFNO. The quantitative estimate of drug-likeness (QED) is 0.833. The Morgan fingerprint density at radius 2 is 2.00 bits per heavy atom. The standard InChI is InChI=1S/C17H17BrFNO/c18-15-3-1-2-4-17(15)21-11-13-9-12(5-8-16(13)19)10-20-14-6-7-14/h1-5,8-9,14,20H,6-7,10-11H2. The summed E-state index contributed by atoms with van der Waals surface area (Å²) < 4.78 is 20.4. The van der Waals surface area contributed by atoms with E-state index in [2.05, 4.69) is 21.2 Å². The third kappa shape index (κ3) is 4.05. The first-order valence-corrected chi connectivity index (χ1v) is 7.89. The summed E-state index contributed by atoms with van der Waals surface area (Å²) >= 11 is 3.42. The predicted molar refractivity (Wildman–Crippen MR) is 84.7 cm³/mol. The van der Waals surface area contributed by atoms with Crippen LogP contribution in [0.15, 0.2) is 46.9 Å². The second-order valence-corrected chi connectivity index (χ2v) is 6.15. The number of hydrogen-bond donors (Lipinski definition) is 1. The van der Waals surface area contributed by atoms with Crippen LogP contribution in [0.3, 0.4) is 0 Å². The molecule has 0 heterocycles. The Balaban J connectivity index is 1.65. The Morgan fingerprint density at radius 1 is 1.19 bits per heavy atom. The third-order valence-corrected chi connectivity index (χ3v) is 4.16. The van der Waals surface area contributed by atoms with E-state index < -0.39 is 0 Å². The van der Waals surface area contributed by atoms with E-state index in [1.165, 1.54) is 18.9 Å². The maximum absolute atomic E-state index is 13.9. The molecule has 2 aromatic rings. The fourth-order valence-corrected chi connectivity index (χ4v) is 2.51. The molecule has 0 aliphatic heterocycles. The van der Waals surface area contributed by atoms with Crippen molar-refractivity contribution in [1.82, 2.24) is 5.32 Å². The molecule has 0 spiro atoms. The molecule has 21 heavy (non-hydrogen) atoms. The zero-order valence-electron chi connectivity index (χ0n) is 11.6. The Labute approximate surface area is 132 Å². The lowest BCUT2D eigenvalue weighted by Gasteiger charge is -2.10. The van der Waals surface area contributed by atoms with Crippen LogP contribution < -0.4 is 10.1 Å². The number of nitrogens with one attached hydrogen (secondary N) is 1. The van der Waals surface area contributed by atoms with Crippen molar-refractivity contribution in [2.24, 2.45) is 0 Å². The van der Waals surface area contributed by atoms with Gasteiger partial charge in [0, 0.05) is 18.2 Å². The van der Waals surface area contributed by atoms with Crippen LogP contribution in [0.4, 0.5) is 4.39 Å². The highest BCUT2D eigenvalue weighted by Gasteiger charge is 2.20. The average Bonchev–Trinajstić information content (AvgIpc) is 3.31. The van der Waals surface area contributed by atoms with Crippen molar-refractivity contribution in [3.05, 3.63) is 63.9 Å². The second kappa shape index (κ2) is 6.58. The van der Waals surface area contributed by atoms with Crippen LogP contribution in [0.5, 0.6) is 5.75 Å². The molecule has 1 saturated carbocycles. The fourth-order valence-electron chi connectivity index (χ4n) is 2.12. The molecule has 4 heteroatoms. The van der Waals surface area contributed by atoms with E-state index in [1.807, 2.05) is 36.4 Å². The number of hydrogen-bond acceptors (Lipinski definition) is 2. The smallest absolute Gasteiger partial charge is 0.133 e. The molecular weight excluding hydrogens is 333 g/mol. The zero-order valence-corrected chi connectivity index (χ0v) is 13.2. The monoisotopic (exact) mass is 349 g/mol. The van der Waals surface area contributed by atoms with E-state index in [0.29, 0.717) is 11.6 Å². The summed E-state index contributed by atoms with van der Waals surface area (Å²) in [4.78, 5) is 0. The van der Waals surface area contributed by atoms with Gasteiger partial charge in [0.2, 0.25) is 0 Å². The van der Waals surface area contributed by atoms with E-state index in [9.17, 15) is 4.39 Å². The van der Waals surface area contributed by atoms with Gasteiger partial charge in [-0.1, -0.05) is 18.2 Å². The fraction of sp³-hybridized carbons (Fsp3) is 0.294. The van der Waals surface area contributed by atoms with E-state index in [0.717, 1.165) is 22.3 Å². The molecule has 110 valence electrons. The Bertz CT molecular complexity index is 628. The lowest BCUT2D eigenvalue weighted by molar-refractivity contribution is 0.298. The molecule has 1 N–H and O–H groups in total. The van der Waals surface area contributed by atoms with Gasteiger partial charge in [-0.2, -0.15) is 0 Å². The largest absolute Gasteiger partial charge is 0.488 e. The first-order chi connectivity index (χ1) is 10.2. The van der Waals surface area contributed by atoms with E-state index in [4.69, 9.17) is 4.74 Å².